The summed E-state index contributed by atoms with van der Waals surface area (Å²) in [5.41, 5.74) is 0.918. The zero-order valence-corrected chi connectivity index (χ0v) is 13.8. The molecule has 0 bridgehead atoms. The summed E-state index contributed by atoms with van der Waals surface area (Å²) in [6, 6.07) is 9.05. The molecule has 1 aromatic rings. The average Bonchev–Trinajstić information content (AvgIpc) is 3.01. The summed E-state index contributed by atoms with van der Waals surface area (Å²) in [7, 11) is 1.30. The fourth-order valence-corrected chi connectivity index (χ4v) is 2.92. The Kier molecular flexibility index (Phi) is 6.87. The summed E-state index contributed by atoms with van der Waals surface area (Å²) >= 11 is 0. The molecule has 132 valence electrons. The monoisotopic (exact) mass is 336 g/mol. The van der Waals surface area contributed by atoms with Crippen molar-refractivity contribution in [2.45, 2.75) is 38.0 Å². The first-order chi connectivity index (χ1) is 11.7. The number of nitrogens with one attached hydrogen (secondary N) is 1. The van der Waals surface area contributed by atoms with E-state index in [0.29, 0.717) is 25.8 Å². The molecular weight excluding hydrogens is 312 g/mol. The van der Waals surface area contributed by atoms with E-state index >= 15 is 0 Å². The van der Waals surface area contributed by atoms with Crippen LogP contribution in [-0.4, -0.2) is 54.5 Å². The summed E-state index contributed by atoms with van der Waals surface area (Å²) in [5.74, 6) is 0. The van der Waals surface area contributed by atoms with E-state index in [1.165, 1.54) is 7.11 Å². The standard InChI is InChI=1S/C17H24N2O5/c1-23-16(21)18-14-9-10-19(15(14)8-5-11-20)17(22)24-12-13-6-3-2-4-7-13/h2-4,6-7,14-15,20H,5,8-12H2,1H3,(H,18,21)/t14-,15+/m1/s1. The first kappa shape index (κ1) is 18.1. The number of ether oxygens (including phenoxy) is 2. The molecule has 0 aliphatic carbocycles. The van der Waals surface area contributed by atoms with Crippen LogP contribution in [0.4, 0.5) is 9.59 Å². The molecule has 24 heavy (non-hydrogen) atoms. The molecule has 0 unspecified atom stereocenters. The van der Waals surface area contributed by atoms with Gasteiger partial charge in [-0.05, 0) is 24.8 Å². The summed E-state index contributed by atoms with van der Waals surface area (Å²) in [4.78, 5) is 25.5. The highest BCUT2D eigenvalue weighted by molar-refractivity contribution is 5.70. The van der Waals surface area contributed by atoms with Crippen LogP contribution < -0.4 is 5.32 Å². The Labute approximate surface area is 141 Å². The second-order valence-corrected chi connectivity index (χ2v) is 5.70. The maximum absolute atomic E-state index is 12.4. The maximum Gasteiger partial charge on any atom is 0.410 e. The van der Waals surface area contributed by atoms with E-state index in [1.54, 1.807) is 4.90 Å². The molecule has 1 heterocycles. The number of rotatable bonds is 6. The molecule has 7 nitrogen and oxygen atoms in total. The van der Waals surface area contributed by atoms with Gasteiger partial charge in [0.05, 0.1) is 19.2 Å². The molecule has 2 N–H and O–H groups in total. The number of methoxy groups -OCH3 is 1. The van der Waals surface area contributed by atoms with E-state index in [4.69, 9.17) is 9.84 Å². The van der Waals surface area contributed by atoms with Gasteiger partial charge in [-0.25, -0.2) is 9.59 Å². The third kappa shape index (κ3) is 4.86. The molecule has 2 amide bonds. The van der Waals surface area contributed by atoms with Crippen molar-refractivity contribution in [3.63, 3.8) is 0 Å². The zero-order chi connectivity index (χ0) is 17.4. The second kappa shape index (κ2) is 9.12. The molecule has 1 saturated heterocycles. The van der Waals surface area contributed by atoms with Crippen LogP contribution in [0.5, 0.6) is 0 Å². The third-order valence-electron chi connectivity index (χ3n) is 4.13. The van der Waals surface area contributed by atoms with Crippen LogP contribution in [0, 0.1) is 0 Å². The molecule has 1 aliphatic heterocycles. The Bertz CT molecular complexity index is 537. The first-order valence-electron chi connectivity index (χ1n) is 8.08. The van der Waals surface area contributed by atoms with Crippen molar-refractivity contribution in [3.8, 4) is 0 Å². The molecule has 0 aromatic heterocycles. The van der Waals surface area contributed by atoms with E-state index in [0.717, 1.165) is 5.56 Å². The summed E-state index contributed by atoms with van der Waals surface area (Å²) in [6.07, 6.45) is 0.841. The Balaban J connectivity index is 1.95. The number of amides is 2. The van der Waals surface area contributed by atoms with Crippen LogP contribution in [0.1, 0.15) is 24.8 Å². The minimum atomic E-state index is -0.520. The Morgan fingerprint density at radius 2 is 2.08 bits per heavy atom. The molecule has 1 aliphatic rings. The van der Waals surface area contributed by atoms with Crippen molar-refractivity contribution in [2.75, 3.05) is 20.3 Å². The number of hydrogen-bond acceptors (Lipinski definition) is 5. The number of benzene rings is 1. The van der Waals surface area contributed by atoms with Crippen molar-refractivity contribution in [1.29, 1.82) is 0 Å². The van der Waals surface area contributed by atoms with Gasteiger partial charge in [-0.2, -0.15) is 0 Å². The van der Waals surface area contributed by atoms with Gasteiger partial charge in [0.1, 0.15) is 6.61 Å². The lowest BCUT2D eigenvalue weighted by Gasteiger charge is -2.27. The predicted octanol–water partition coefficient (Wildman–Crippen LogP) is 1.89. The lowest BCUT2D eigenvalue weighted by molar-refractivity contribution is 0.0861. The Morgan fingerprint density at radius 1 is 1.33 bits per heavy atom. The largest absolute Gasteiger partial charge is 0.453 e. The van der Waals surface area contributed by atoms with Crippen molar-refractivity contribution >= 4 is 12.2 Å². The number of aliphatic hydroxyl groups excluding tert-OH is 1. The highest BCUT2D eigenvalue weighted by Gasteiger charge is 2.38. The highest BCUT2D eigenvalue weighted by atomic mass is 16.6. The maximum atomic E-state index is 12.4. The van der Waals surface area contributed by atoms with Gasteiger partial charge in [-0.3, -0.25) is 0 Å². The number of alkyl carbamates (subject to hydrolysis) is 1. The van der Waals surface area contributed by atoms with Crippen molar-refractivity contribution < 1.29 is 24.2 Å². The smallest absolute Gasteiger partial charge is 0.410 e. The summed E-state index contributed by atoms with van der Waals surface area (Å²) in [5, 5.41) is 11.8. The first-order valence-corrected chi connectivity index (χ1v) is 8.08. The van der Waals surface area contributed by atoms with Gasteiger partial charge in [-0.15, -0.1) is 0 Å². The van der Waals surface area contributed by atoms with E-state index in [-0.39, 0.29) is 25.3 Å². The lowest BCUT2D eigenvalue weighted by Crippen LogP contribution is -2.47. The van der Waals surface area contributed by atoms with Crippen molar-refractivity contribution in [1.82, 2.24) is 10.2 Å². The van der Waals surface area contributed by atoms with Gasteiger partial charge in [0.2, 0.25) is 0 Å². The molecule has 0 radical (unpaired) electrons. The molecule has 2 rings (SSSR count). The van der Waals surface area contributed by atoms with Crippen LogP contribution in [-0.2, 0) is 16.1 Å². The van der Waals surface area contributed by atoms with Crippen LogP contribution in [0.25, 0.3) is 0 Å². The van der Waals surface area contributed by atoms with Gasteiger partial charge < -0.3 is 24.8 Å². The number of nitrogens with zero attached hydrogens (tertiary/aromatic N) is 1. The predicted molar refractivity (Wildman–Crippen MR) is 87.4 cm³/mol. The van der Waals surface area contributed by atoms with E-state index in [2.05, 4.69) is 10.1 Å². The van der Waals surface area contributed by atoms with Gasteiger partial charge >= 0.3 is 12.2 Å². The number of likely N-dealkylation sites (tertiary alicyclic amines) is 1. The topological polar surface area (TPSA) is 88.1 Å². The fraction of sp³-hybridized carbons (Fsp3) is 0.529. The quantitative estimate of drug-likeness (QED) is 0.828. The van der Waals surface area contributed by atoms with Crippen molar-refractivity contribution in [3.05, 3.63) is 35.9 Å². The highest BCUT2D eigenvalue weighted by Crippen LogP contribution is 2.23. The minimum absolute atomic E-state index is 0.0361. The molecule has 0 spiro atoms. The average molecular weight is 336 g/mol. The van der Waals surface area contributed by atoms with Crippen LogP contribution in [0.3, 0.4) is 0 Å². The van der Waals surface area contributed by atoms with E-state index in [1.807, 2.05) is 30.3 Å². The summed E-state index contributed by atoms with van der Waals surface area (Å²) in [6.45, 7) is 0.741. The Hall–Kier alpha value is -2.28. The van der Waals surface area contributed by atoms with Gasteiger partial charge in [0, 0.05) is 13.2 Å². The number of hydrogen-bond donors (Lipinski definition) is 2. The zero-order valence-electron chi connectivity index (χ0n) is 13.8. The third-order valence-corrected chi connectivity index (χ3v) is 4.13. The Morgan fingerprint density at radius 3 is 2.75 bits per heavy atom. The molecule has 0 saturated carbocycles. The SMILES string of the molecule is COC(=O)N[C@@H]1CCN(C(=O)OCc2ccccc2)[C@H]1CCCO. The van der Waals surface area contributed by atoms with Gasteiger partial charge in [-0.1, -0.05) is 30.3 Å². The normalized spacial score (nSPS) is 19.8. The second-order valence-electron chi connectivity index (χ2n) is 5.70. The molecule has 1 aromatic carbocycles. The molecular formula is C17H24N2O5. The van der Waals surface area contributed by atoms with Gasteiger partial charge in [0.25, 0.3) is 0 Å². The minimum Gasteiger partial charge on any atom is -0.453 e. The summed E-state index contributed by atoms with van der Waals surface area (Å²) < 4.78 is 10.0. The van der Waals surface area contributed by atoms with Crippen molar-refractivity contribution in [2.24, 2.45) is 0 Å². The number of carbonyl (C=O) groups is 2. The van der Waals surface area contributed by atoms with Crippen LogP contribution >= 0.6 is 0 Å². The lowest BCUT2D eigenvalue weighted by atomic mass is 10.0. The fourth-order valence-electron chi connectivity index (χ4n) is 2.92. The van der Waals surface area contributed by atoms with Gasteiger partial charge in [0.15, 0.2) is 0 Å². The van der Waals surface area contributed by atoms with Crippen LogP contribution in [0.15, 0.2) is 30.3 Å². The number of aliphatic hydroxyl groups is 1. The number of carbonyl (C=O) groups excluding carboxylic acids is 2. The van der Waals surface area contributed by atoms with Crippen LogP contribution in [0.2, 0.25) is 0 Å². The molecule has 1 fully saturated rings. The molecule has 7 heteroatoms. The van der Waals surface area contributed by atoms with E-state index in [9.17, 15) is 9.59 Å². The van der Waals surface area contributed by atoms with E-state index < -0.39 is 12.2 Å². The molecule has 2 atom stereocenters.